The summed E-state index contributed by atoms with van der Waals surface area (Å²) in [5.41, 5.74) is 3.66. The lowest BCUT2D eigenvalue weighted by molar-refractivity contribution is 0.0946. The third kappa shape index (κ3) is 3.65. The summed E-state index contributed by atoms with van der Waals surface area (Å²) in [6.45, 7) is 0.831. The van der Waals surface area contributed by atoms with Gasteiger partial charge in [0.05, 0.1) is 11.1 Å². The molecule has 100 valence electrons. The van der Waals surface area contributed by atoms with Gasteiger partial charge in [-0.25, -0.2) is 4.39 Å². The van der Waals surface area contributed by atoms with Crippen molar-refractivity contribution in [3.8, 4) is 0 Å². The lowest BCUT2D eigenvalue weighted by Gasteiger charge is -2.19. The molecule has 0 amide bonds. The molecule has 2 rings (SSSR count). The molecule has 0 aliphatic carbocycles. The number of hydrogen-bond acceptors (Lipinski definition) is 3. The van der Waals surface area contributed by atoms with Crippen molar-refractivity contribution in [2.24, 2.45) is 5.84 Å². The number of benzene rings is 1. The molecule has 0 aromatic heterocycles. The van der Waals surface area contributed by atoms with E-state index in [4.69, 9.17) is 22.2 Å². The maximum Gasteiger partial charge on any atom is 0.142 e. The van der Waals surface area contributed by atoms with Crippen LogP contribution >= 0.6 is 11.6 Å². The van der Waals surface area contributed by atoms with Crippen LogP contribution in [0.3, 0.4) is 0 Å². The molecule has 1 heterocycles. The summed E-state index contributed by atoms with van der Waals surface area (Å²) >= 11 is 5.65. The molecule has 1 aromatic carbocycles. The molecule has 2 unspecified atom stereocenters. The highest BCUT2D eigenvalue weighted by molar-refractivity contribution is 6.30. The standard InChI is InChI=1S/C13H18ClFN2O/c14-12-4-3-9(7-13(12)15)6-10(17-16)8-11-2-1-5-18-11/h3-4,7,10-11,17H,1-2,5-6,8,16H2. The van der Waals surface area contributed by atoms with Crippen molar-refractivity contribution in [3.05, 3.63) is 34.6 Å². The fourth-order valence-corrected chi connectivity index (χ4v) is 2.43. The van der Waals surface area contributed by atoms with E-state index in [0.29, 0.717) is 6.42 Å². The van der Waals surface area contributed by atoms with Crippen molar-refractivity contribution < 1.29 is 9.13 Å². The van der Waals surface area contributed by atoms with Crippen LogP contribution in [0.5, 0.6) is 0 Å². The van der Waals surface area contributed by atoms with Gasteiger partial charge >= 0.3 is 0 Å². The highest BCUT2D eigenvalue weighted by Crippen LogP contribution is 2.20. The van der Waals surface area contributed by atoms with Crippen LogP contribution in [0.1, 0.15) is 24.8 Å². The molecular formula is C13H18ClFN2O. The molecule has 1 fully saturated rings. The van der Waals surface area contributed by atoms with E-state index in [1.807, 2.05) is 6.07 Å². The molecule has 5 heteroatoms. The molecule has 18 heavy (non-hydrogen) atoms. The molecule has 2 atom stereocenters. The Kier molecular flexibility index (Phi) is 4.95. The van der Waals surface area contributed by atoms with Crippen molar-refractivity contribution in [1.29, 1.82) is 0 Å². The summed E-state index contributed by atoms with van der Waals surface area (Å²) in [6, 6.07) is 4.95. The maximum atomic E-state index is 13.3. The SMILES string of the molecule is NNC(Cc1ccc(Cl)c(F)c1)CC1CCCO1. The Labute approximate surface area is 111 Å². The van der Waals surface area contributed by atoms with Crippen molar-refractivity contribution in [3.63, 3.8) is 0 Å². The van der Waals surface area contributed by atoms with Crippen LogP contribution in [-0.4, -0.2) is 18.8 Å². The quantitative estimate of drug-likeness (QED) is 0.639. The molecule has 0 spiro atoms. The van der Waals surface area contributed by atoms with Gasteiger partial charge < -0.3 is 4.74 Å². The highest BCUT2D eigenvalue weighted by atomic mass is 35.5. The molecule has 0 radical (unpaired) electrons. The largest absolute Gasteiger partial charge is 0.378 e. The van der Waals surface area contributed by atoms with Gasteiger partial charge in [0.2, 0.25) is 0 Å². The molecule has 1 aromatic rings. The highest BCUT2D eigenvalue weighted by Gasteiger charge is 2.20. The number of ether oxygens (including phenoxy) is 1. The lowest BCUT2D eigenvalue weighted by Crippen LogP contribution is -2.39. The first-order valence-corrected chi connectivity index (χ1v) is 6.58. The average Bonchev–Trinajstić information content (AvgIpc) is 2.86. The third-order valence-electron chi connectivity index (χ3n) is 3.27. The number of nitrogens with two attached hydrogens (primary N) is 1. The van der Waals surface area contributed by atoms with Crippen molar-refractivity contribution >= 4 is 11.6 Å². The summed E-state index contributed by atoms with van der Waals surface area (Å²) in [5.74, 6) is 5.15. The topological polar surface area (TPSA) is 47.3 Å². The Bertz CT molecular complexity index is 397. The normalized spacial score (nSPS) is 21.2. The fourth-order valence-electron chi connectivity index (χ4n) is 2.31. The summed E-state index contributed by atoms with van der Waals surface area (Å²) in [4.78, 5) is 0. The second kappa shape index (κ2) is 6.48. The Balaban J connectivity index is 1.94. The second-order valence-electron chi connectivity index (χ2n) is 4.69. The molecule has 0 bridgehead atoms. The van der Waals surface area contributed by atoms with Crippen molar-refractivity contribution in [2.75, 3.05) is 6.61 Å². The summed E-state index contributed by atoms with van der Waals surface area (Å²) < 4.78 is 18.9. The molecule has 1 aliphatic rings. The van der Waals surface area contributed by atoms with Crippen LogP contribution in [0.2, 0.25) is 5.02 Å². The van der Waals surface area contributed by atoms with Gasteiger partial charge in [0.15, 0.2) is 0 Å². The van der Waals surface area contributed by atoms with Crippen molar-refractivity contribution in [2.45, 2.75) is 37.8 Å². The van der Waals surface area contributed by atoms with E-state index in [0.717, 1.165) is 31.4 Å². The Morgan fingerprint density at radius 2 is 2.39 bits per heavy atom. The molecule has 3 N–H and O–H groups in total. The minimum atomic E-state index is -0.387. The number of halogens is 2. The smallest absolute Gasteiger partial charge is 0.142 e. The Hall–Kier alpha value is -0.680. The van der Waals surface area contributed by atoms with Gasteiger partial charge in [-0.05, 0) is 43.4 Å². The zero-order valence-electron chi connectivity index (χ0n) is 10.2. The first-order chi connectivity index (χ1) is 8.69. The van der Waals surface area contributed by atoms with Crippen LogP contribution in [0.4, 0.5) is 4.39 Å². The van der Waals surface area contributed by atoms with E-state index in [9.17, 15) is 4.39 Å². The predicted octanol–water partition coefficient (Wildman–Crippen LogP) is 2.42. The zero-order valence-corrected chi connectivity index (χ0v) is 10.9. The first-order valence-electron chi connectivity index (χ1n) is 6.20. The summed E-state index contributed by atoms with van der Waals surface area (Å²) in [6.07, 6.45) is 3.97. The van der Waals surface area contributed by atoms with E-state index in [-0.39, 0.29) is 23.0 Å². The number of hydrogen-bond donors (Lipinski definition) is 2. The predicted molar refractivity (Wildman–Crippen MR) is 69.8 cm³/mol. The first kappa shape index (κ1) is 13.7. The average molecular weight is 273 g/mol. The molecule has 1 saturated heterocycles. The van der Waals surface area contributed by atoms with E-state index in [2.05, 4.69) is 5.43 Å². The number of nitrogens with one attached hydrogen (secondary N) is 1. The van der Waals surface area contributed by atoms with Crippen LogP contribution in [0.15, 0.2) is 18.2 Å². The lowest BCUT2D eigenvalue weighted by atomic mass is 10.00. The second-order valence-corrected chi connectivity index (χ2v) is 5.09. The Morgan fingerprint density at radius 3 is 3.00 bits per heavy atom. The van der Waals surface area contributed by atoms with E-state index in [1.54, 1.807) is 6.07 Å². The zero-order chi connectivity index (χ0) is 13.0. The molecule has 1 aliphatic heterocycles. The van der Waals surface area contributed by atoms with E-state index in [1.165, 1.54) is 6.07 Å². The van der Waals surface area contributed by atoms with Gasteiger partial charge in [0.1, 0.15) is 5.82 Å². The van der Waals surface area contributed by atoms with Crippen LogP contribution in [0.25, 0.3) is 0 Å². The van der Waals surface area contributed by atoms with Gasteiger partial charge in [-0.3, -0.25) is 11.3 Å². The van der Waals surface area contributed by atoms with Gasteiger partial charge in [-0.2, -0.15) is 0 Å². The van der Waals surface area contributed by atoms with Crippen molar-refractivity contribution in [1.82, 2.24) is 5.43 Å². The van der Waals surface area contributed by atoms with Crippen LogP contribution in [-0.2, 0) is 11.2 Å². The monoisotopic (exact) mass is 272 g/mol. The number of rotatable bonds is 5. The van der Waals surface area contributed by atoms with Gasteiger partial charge in [-0.15, -0.1) is 0 Å². The molecular weight excluding hydrogens is 255 g/mol. The maximum absolute atomic E-state index is 13.3. The van der Waals surface area contributed by atoms with Crippen LogP contribution < -0.4 is 11.3 Å². The number of hydrazine groups is 1. The van der Waals surface area contributed by atoms with E-state index < -0.39 is 0 Å². The van der Waals surface area contributed by atoms with Gasteiger partial charge in [-0.1, -0.05) is 17.7 Å². The van der Waals surface area contributed by atoms with Gasteiger partial charge in [0, 0.05) is 12.6 Å². The minimum Gasteiger partial charge on any atom is -0.378 e. The summed E-state index contributed by atoms with van der Waals surface area (Å²) in [7, 11) is 0. The third-order valence-corrected chi connectivity index (χ3v) is 3.58. The van der Waals surface area contributed by atoms with E-state index >= 15 is 0 Å². The van der Waals surface area contributed by atoms with Crippen LogP contribution in [0, 0.1) is 5.82 Å². The fraction of sp³-hybridized carbons (Fsp3) is 0.538. The molecule has 0 saturated carbocycles. The Morgan fingerprint density at radius 1 is 1.56 bits per heavy atom. The van der Waals surface area contributed by atoms with Gasteiger partial charge in [0.25, 0.3) is 0 Å². The summed E-state index contributed by atoms with van der Waals surface area (Å²) in [5, 5.41) is 0.148. The molecule has 3 nitrogen and oxygen atoms in total. The minimum absolute atomic E-state index is 0.0914.